The molecule has 0 amide bonds. The highest BCUT2D eigenvalue weighted by Crippen LogP contribution is 2.33. The highest BCUT2D eigenvalue weighted by Gasteiger charge is 2.43. The second kappa shape index (κ2) is 11.5. The number of esters is 2. The van der Waals surface area contributed by atoms with Crippen LogP contribution in [0.1, 0.15) is 93.4 Å². The first-order valence-electron chi connectivity index (χ1n) is 9.63. The van der Waals surface area contributed by atoms with E-state index < -0.39 is 5.79 Å². The fourth-order valence-corrected chi connectivity index (χ4v) is 2.73. The van der Waals surface area contributed by atoms with Crippen LogP contribution in [0.4, 0.5) is 0 Å². The summed E-state index contributed by atoms with van der Waals surface area (Å²) in [5, 5.41) is 0. The largest absolute Gasteiger partial charge is 0.422 e. The first kappa shape index (κ1) is 22.9. The van der Waals surface area contributed by atoms with E-state index in [0.29, 0.717) is 12.8 Å². The predicted molar refractivity (Wildman–Crippen MR) is 97.4 cm³/mol. The van der Waals surface area contributed by atoms with E-state index in [4.69, 9.17) is 9.47 Å². The van der Waals surface area contributed by atoms with Crippen molar-refractivity contribution < 1.29 is 19.1 Å². The summed E-state index contributed by atoms with van der Waals surface area (Å²) in [7, 11) is 0. The standard InChI is InChI=1S/C20H38O4/c1-8-10-11-13-18(21)23-20(16(5)6,14-15(3)4)24-19(22)17(7)12-9-2/h15-17H,8-14H2,1-7H3. The average molecular weight is 343 g/mol. The monoisotopic (exact) mass is 342 g/mol. The van der Waals surface area contributed by atoms with Gasteiger partial charge in [-0.25, -0.2) is 0 Å². The molecule has 0 spiro atoms. The molecular weight excluding hydrogens is 304 g/mol. The van der Waals surface area contributed by atoms with Gasteiger partial charge in [-0.1, -0.05) is 67.7 Å². The fraction of sp³-hybridized carbons (Fsp3) is 0.900. The zero-order chi connectivity index (χ0) is 18.8. The summed E-state index contributed by atoms with van der Waals surface area (Å²) in [5.41, 5.74) is 0. The van der Waals surface area contributed by atoms with Gasteiger partial charge in [0.15, 0.2) is 0 Å². The molecule has 0 aromatic rings. The third-order valence-corrected chi connectivity index (χ3v) is 4.24. The van der Waals surface area contributed by atoms with E-state index in [0.717, 1.165) is 32.1 Å². The van der Waals surface area contributed by atoms with Gasteiger partial charge in [0.05, 0.1) is 5.92 Å². The van der Waals surface area contributed by atoms with Gasteiger partial charge in [0.2, 0.25) is 0 Å². The normalized spacial score (nSPS) is 15.2. The summed E-state index contributed by atoms with van der Waals surface area (Å²) >= 11 is 0. The number of hydrogen-bond donors (Lipinski definition) is 0. The Morgan fingerprint density at radius 3 is 2.00 bits per heavy atom. The van der Waals surface area contributed by atoms with Crippen molar-refractivity contribution in [3.05, 3.63) is 0 Å². The first-order valence-corrected chi connectivity index (χ1v) is 9.63. The highest BCUT2D eigenvalue weighted by atomic mass is 16.7. The van der Waals surface area contributed by atoms with Gasteiger partial charge in [0.1, 0.15) is 0 Å². The Bertz CT molecular complexity index is 376. The molecule has 0 aliphatic rings. The third kappa shape index (κ3) is 8.16. The zero-order valence-electron chi connectivity index (χ0n) is 16.8. The van der Waals surface area contributed by atoms with Gasteiger partial charge in [-0.15, -0.1) is 0 Å². The van der Waals surface area contributed by atoms with E-state index in [9.17, 15) is 9.59 Å². The Hall–Kier alpha value is -1.06. The number of hydrogen-bond acceptors (Lipinski definition) is 4. The summed E-state index contributed by atoms with van der Waals surface area (Å²) in [6.07, 6.45) is 5.47. The molecule has 0 rings (SSSR count). The number of ether oxygens (including phenoxy) is 2. The van der Waals surface area contributed by atoms with Crippen LogP contribution in [0, 0.1) is 17.8 Å². The molecule has 0 N–H and O–H groups in total. The summed E-state index contributed by atoms with van der Waals surface area (Å²) < 4.78 is 11.6. The van der Waals surface area contributed by atoms with Crippen LogP contribution < -0.4 is 0 Å². The molecule has 0 saturated heterocycles. The molecule has 0 aromatic heterocycles. The summed E-state index contributed by atoms with van der Waals surface area (Å²) in [5.74, 6) is -1.71. The van der Waals surface area contributed by atoms with Crippen LogP contribution in [0.3, 0.4) is 0 Å². The average Bonchev–Trinajstić information content (AvgIpc) is 2.46. The summed E-state index contributed by atoms with van der Waals surface area (Å²) in [4.78, 5) is 24.7. The molecule has 0 saturated carbocycles. The van der Waals surface area contributed by atoms with Crippen molar-refractivity contribution >= 4 is 11.9 Å². The van der Waals surface area contributed by atoms with E-state index in [1.165, 1.54) is 0 Å². The van der Waals surface area contributed by atoms with E-state index >= 15 is 0 Å². The molecule has 0 fully saturated rings. The van der Waals surface area contributed by atoms with Gasteiger partial charge in [-0.3, -0.25) is 9.59 Å². The van der Waals surface area contributed by atoms with Gasteiger partial charge < -0.3 is 9.47 Å². The topological polar surface area (TPSA) is 52.6 Å². The molecule has 4 nitrogen and oxygen atoms in total. The lowest BCUT2D eigenvalue weighted by Gasteiger charge is -2.38. The molecule has 0 aliphatic carbocycles. The van der Waals surface area contributed by atoms with Crippen molar-refractivity contribution in [1.82, 2.24) is 0 Å². The van der Waals surface area contributed by atoms with Crippen molar-refractivity contribution in [3.8, 4) is 0 Å². The fourth-order valence-electron chi connectivity index (χ4n) is 2.73. The van der Waals surface area contributed by atoms with Gasteiger partial charge in [-0.2, -0.15) is 0 Å². The molecular formula is C20H38O4. The second-order valence-electron chi connectivity index (χ2n) is 7.61. The maximum atomic E-state index is 12.5. The molecule has 2 unspecified atom stereocenters. The minimum absolute atomic E-state index is 0.0900. The van der Waals surface area contributed by atoms with Crippen molar-refractivity contribution in [3.63, 3.8) is 0 Å². The van der Waals surface area contributed by atoms with Crippen LogP contribution in [0.2, 0.25) is 0 Å². The maximum Gasteiger partial charge on any atom is 0.311 e. The Morgan fingerprint density at radius 2 is 1.54 bits per heavy atom. The van der Waals surface area contributed by atoms with Crippen molar-refractivity contribution in [1.29, 1.82) is 0 Å². The Labute approximate surface area is 148 Å². The summed E-state index contributed by atoms with van der Waals surface area (Å²) in [6, 6.07) is 0. The van der Waals surface area contributed by atoms with Crippen LogP contribution in [0.25, 0.3) is 0 Å². The summed E-state index contributed by atoms with van der Waals surface area (Å²) in [6.45, 7) is 14.0. The third-order valence-electron chi connectivity index (χ3n) is 4.24. The van der Waals surface area contributed by atoms with Crippen LogP contribution >= 0.6 is 0 Å². The van der Waals surface area contributed by atoms with Crippen molar-refractivity contribution in [2.24, 2.45) is 17.8 Å². The molecule has 0 aromatic carbocycles. The van der Waals surface area contributed by atoms with Crippen LogP contribution in [-0.2, 0) is 19.1 Å². The first-order chi connectivity index (χ1) is 11.2. The van der Waals surface area contributed by atoms with Crippen molar-refractivity contribution in [2.45, 2.75) is 99.2 Å². The van der Waals surface area contributed by atoms with Gasteiger partial charge in [0, 0.05) is 18.8 Å². The van der Waals surface area contributed by atoms with E-state index in [1.807, 2.05) is 41.5 Å². The number of carbonyl (C=O) groups excluding carboxylic acids is 2. The molecule has 2 atom stereocenters. The number of carbonyl (C=O) groups is 2. The van der Waals surface area contributed by atoms with E-state index in [-0.39, 0.29) is 29.7 Å². The Morgan fingerprint density at radius 1 is 0.917 bits per heavy atom. The lowest BCUT2D eigenvalue weighted by atomic mass is 9.92. The van der Waals surface area contributed by atoms with Crippen LogP contribution in [0.15, 0.2) is 0 Å². The van der Waals surface area contributed by atoms with E-state index in [2.05, 4.69) is 6.92 Å². The SMILES string of the molecule is CCCCCC(=O)OC(CC(C)C)(OC(=O)C(C)CCC)C(C)C. The number of rotatable bonds is 12. The van der Waals surface area contributed by atoms with Crippen molar-refractivity contribution in [2.75, 3.05) is 0 Å². The smallest absolute Gasteiger partial charge is 0.311 e. The quantitative estimate of drug-likeness (QED) is 0.267. The van der Waals surface area contributed by atoms with Crippen LogP contribution in [-0.4, -0.2) is 17.7 Å². The molecule has 0 radical (unpaired) electrons. The highest BCUT2D eigenvalue weighted by molar-refractivity contribution is 5.73. The molecule has 0 bridgehead atoms. The predicted octanol–water partition coefficient (Wildman–Crippen LogP) is 5.49. The molecule has 0 aliphatic heterocycles. The Kier molecular flexibility index (Phi) is 11.0. The molecule has 0 heterocycles. The Balaban J connectivity index is 5.18. The van der Waals surface area contributed by atoms with Gasteiger partial charge in [0.25, 0.3) is 5.79 Å². The number of unbranched alkanes of at least 4 members (excludes halogenated alkanes) is 2. The van der Waals surface area contributed by atoms with Gasteiger partial charge in [-0.05, 0) is 18.8 Å². The second-order valence-corrected chi connectivity index (χ2v) is 7.61. The minimum atomic E-state index is -1.16. The van der Waals surface area contributed by atoms with E-state index in [1.54, 1.807) is 0 Å². The minimum Gasteiger partial charge on any atom is -0.422 e. The zero-order valence-corrected chi connectivity index (χ0v) is 16.8. The van der Waals surface area contributed by atoms with Crippen LogP contribution in [0.5, 0.6) is 0 Å². The lowest BCUT2D eigenvalue weighted by molar-refractivity contribution is -0.252. The molecule has 142 valence electrons. The van der Waals surface area contributed by atoms with Gasteiger partial charge >= 0.3 is 11.9 Å². The lowest BCUT2D eigenvalue weighted by Crippen LogP contribution is -2.47. The maximum absolute atomic E-state index is 12.5. The molecule has 24 heavy (non-hydrogen) atoms. The molecule has 4 heteroatoms.